The number of nitrogens with two attached hydrogens (primary N) is 1. The van der Waals surface area contributed by atoms with Crippen LogP contribution >= 0.6 is 0 Å². The van der Waals surface area contributed by atoms with Gasteiger partial charge in [-0.2, -0.15) is 0 Å². The molecule has 0 spiro atoms. The summed E-state index contributed by atoms with van der Waals surface area (Å²) >= 11 is 0. The highest BCUT2D eigenvalue weighted by molar-refractivity contribution is 5.02. The largest absolute Gasteiger partial charge is 0.347 e. The van der Waals surface area contributed by atoms with Crippen LogP contribution in [0.25, 0.3) is 0 Å². The minimum atomic E-state index is 0.352. The lowest BCUT2D eigenvalue weighted by Gasteiger charge is -2.22. The maximum absolute atomic E-state index is 5.85. The van der Waals surface area contributed by atoms with Crippen molar-refractivity contribution in [2.45, 2.75) is 25.4 Å². The molecule has 2 rings (SSSR count). The highest BCUT2D eigenvalue weighted by atomic mass is 15.2. The van der Waals surface area contributed by atoms with Crippen molar-refractivity contribution >= 4 is 0 Å². The van der Waals surface area contributed by atoms with Gasteiger partial charge in [0.05, 0.1) is 12.0 Å². The first kappa shape index (κ1) is 8.72. The van der Waals surface area contributed by atoms with Gasteiger partial charge in [-0.3, -0.25) is 4.90 Å². The topological polar surface area (TPSA) is 57.9 Å². The van der Waals surface area contributed by atoms with Crippen LogP contribution in [0.3, 0.4) is 0 Å². The zero-order valence-electron chi connectivity index (χ0n) is 7.90. The van der Waals surface area contributed by atoms with Crippen molar-refractivity contribution < 1.29 is 0 Å². The van der Waals surface area contributed by atoms with E-state index in [0.29, 0.717) is 12.1 Å². The van der Waals surface area contributed by atoms with E-state index in [2.05, 4.69) is 21.8 Å². The van der Waals surface area contributed by atoms with Crippen LogP contribution in [0.15, 0.2) is 12.5 Å². The van der Waals surface area contributed by atoms with E-state index in [-0.39, 0.29) is 0 Å². The van der Waals surface area contributed by atoms with Crippen LogP contribution in [0.4, 0.5) is 0 Å². The summed E-state index contributed by atoms with van der Waals surface area (Å²) in [7, 11) is 0. The smallest absolute Gasteiger partial charge is 0.0922 e. The van der Waals surface area contributed by atoms with Gasteiger partial charge >= 0.3 is 0 Å². The van der Waals surface area contributed by atoms with Crippen molar-refractivity contribution in [1.82, 2.24) is 14.9 Å². The van der Waals surface area contributed by atoms with Crippen LogP contribution in [0, 0.1) is 0 Å². The number of hydrogen-bond acceptors (Lipinski definition) is 3. The Labute approximate surface area is 78.1 Å². The van der Waals surface area contributed by atoms with Crippen molar-refractivity contribution in [2.75, 3.05) is 13.1 Å². The zero-order chi connectivity index (χ0) is 9.26. The normalized spacial score (nSPS) is 26.5. The Morgan fingerprint density at radius 2 is 2.62 bits per heavy atom. The van der Waals surface area contributed by atoms with E-state index in [1.807, 2.05) is 6.20 Å². The van der Waals surface area contributed by atoms with Gasteiger partial charge in [-0.05, 0) is 13.3 Å². The average Bonchev–Trinajstić information content (AvgIpc) is 2.72. The van der Waals surface area contributed by atoms with Crippen LogP contribution in [-0.4, -0.2) is 34.0 Å². The molecule has 72 valence electrons. The number of H-pyrrole nitrogens is 1. The van der Waals surface area contributed by atoms with Gasteiger partial charge in [0.2, 0.25) is 0 Å². The summed E-state index contributed by atoms with van der Waals surface area (Å²) in [4.78, 5) is 9.54. The Hall–Kier alpha value is -0.870. The van der Waals surface area contributed by atoms with E-state index in [0.717, 1.165) is 19.5 Å². The van der Waals surface area contributed by atoms with E-state index in [9.17, 15) is 0 Å². The van der Waals surface area contributed by atoms with Crippen LogP contribution in [-0.2, 0) is 0 Å². The number of aromatic amines is 1. The lowest BCUT2D eigenvalue weighted by molar-refractivity contribution is 0.256. The molecule has 4 heteroatoms. The predicted molar refractivity (Wildman–Crippen MR) is 51.2 cm³/mol. The lowest BCUT2D eigenvalue weighted by atomic mass is 10.2. The second kappa shape index (κ2) is 3.47. The number of hydrogen-bond donors (Lipinski definition) is 2. The van der Waals surface area contributed by atoms with Crippen LogP contribution in [0.2, 0.25) is 0 Å². The minimum Gasteiger partial charge on any atom is -0.347 e. The van der Waals surface area contributed by atoms with Gasteiger partial charge in [0.25, 0.3) is 0 Å². The summed E-state index contributed by atoms with van der Waals surface area (Å²) in [6.45, 7) is 4.28. The molecular weight excluding hydrogens is 164 g/mol. The third-order valence-corrected chi connectivity index (χ3v) is 2.77. The standard InChI is InChI=1S/C9H16N4/c1-7(9-4-11-6-12-9)13-3-2-8(10)5-13/h4,6-8H,2-3,5,10H2,1H3,(H,11,12). The summed E-state index contributed by atoms with van der Waals surface area (Å²) in [5.74, 6) is 0. The molecule has 0 amide bonds. The van der Waals surface area contributed by atoms with Gasteiger partial charge < -0.3 is 10.7 Å². The first-order valence-electron chi connectivity index (χ1n) is 4.75. The van der Waals surface area contributed by atoms with E-state index in [1.54, 1.807) is 6.33 Å². The maximum atomic E-state index is 5.85. The summed E-state index contributed by atoms with van der Waals surface area (Å²) in [5, 5.41) is 0. The maximum Gasteiger partial charge on any atom is 0.0922 e. The summed E-state index contributed by atoms with van der Waals surface area (Å²) in [6, 6.07) is 0.765. The molecule has 2 atom stereocenters. The molecule has 1 aliphatic rings. The van der Waals surface area contributed by atoms with Crippen LogP contribution in [0.5, 0.6) is 0 Å². The second-order valence-corrected chi connectivity index (χ2v) is 3.73. The van der Waals surface area contributed by atoms with Gasteiger partial charge in [-0.25, -0.2) is 4.98 Å². The molecule has 1 saturated heterocycles. The van der Waals surface area contributed by atoms with Gasteiger partial charge in [0.15, 0.2) is 0 Å². The van der Waals surface area contributed by atoms with E-state index in [1.165, 1.54) is 5.69 Å². The molecule has 1 aliphatic heterocycles. The van der Waals surface area contributed by atoms with Crippen molar-refractivity contribution in [3.8, 4) is 0 Å². The third kappa shape index (κ3) is 1.73. The molecule has 0 radical (unpaired) electrons. The Bertz CT molecular complexity index is 257. The molecule has 2 unspecified atom stereocenters. The Kier molecular flexibility index (Phi) is 2.33. The van der Waals surface area contributed by atoms with Gasteiger partial charge in [0, 0.05) is 31.4 Å². The van der Waals surface area contributed by atoms with E-state index < -0.39 is 0 Å². The monoisotopic (exact) mass is 180 g/mol. The van der Waals surface area contributed by atoms with Crippen LogP contribution < -0.4 is 5.73 Å². The fraction of sp³-hybridized carbons (Fsp3) is 0.667. The van der Waals surface area contributed by atoms with Crippen molar-refractivity contribution in [1.29, 1.82) is 0 Å². The Morgan fingerprint density at radius 3 is 3.15 bits per heavy atom. The number of nitrogens with zero attached hydrogens (tertiary/aromatic N) is 2. The SMILES string of the molecule is CC(c1cnc[nH]1)N1CCC(N)C1. The lowest BCUT2D eigenvalue weighted by Crippen LogP contribution is -2.28. The number of aromatic nitrogens is 2. The fourth-order valence-corrected chi connectivity index (χ4v) is 1.86. The molecule has 1 aromatic rings. The predicted octanol–water partition coefficient (Wildman–Crippen LogP) is 0.504. The van der Waals surface area contributed by atoms with Gasteiger partial charge in [0.1, 0.15) is 0 Å². The number of rotatable bonds is 2. The molecule has 2 heterocycles. The third-order valence-electron chi connectivity index (χ3n) is 2.77. The highest BCUT2D eigenvalue weighted by Gasteiger charge is 2.24. The van der Waals surface area contributed by atoms with Gasteiger partial charge in [-0.15, -0.1) is 0 Å². The number of nitrogens with one attached hydrogen (secondary N) is 1. The summed E-state index contributed by atoms with van der Waals surface area (Å²) in [6.07, 6.45) is 4.72. The van der Waals surface area contributed by atoms with Gasteiger partial charge in [-0.1, -0.05) is 0 Å². The fourth-order valence-electron chi connectivity index (χ4n) is 1.86. The molecule has 0 aromatic carbocycles. The highest BCUT2D eigenvalue weighted by Crippen LogP contribution is 2.21. The molecule has 0 saturated carbocycles. The average molecular weight is 180 g/mol. The Balaban J connectivity index is 2.02. The first-order chi connectivity index (χ1) is 6.27. The quantitative estimate of drug-likeness (QED) is 0.697. The second-order valence-electron chi connectivity index (χ2n) is 3.73. The number of imidazole rings is 1. The molecule has 13 heavy (non-hydrogen) atoms. The minimum absolute atomic E-state index is 0.352. The summed E-state index contributed by atoms with van der Waals surface area (Å²) in [5.41, 5.74) is 7.02. The van der Waals surface area contributed by atoms with Crippen molar-refractivity contribution in [2.24, 2.45) is 5.73 Å². The van der Waals surface area contributed by atoms with Crippen LogP contribution in [0.1, 0.15) is 25.1 Å². The summed E-state index contributed by atoms with van der Waals surface area (Å²) < 4.78 is 0. The molecular formula is C9H16N4. The zero-order valence-corrected chi connectivity index (χ0v) is 7.90. The number of likely N-dealkylation sites (tertiary alicyclic amines) is 1. The molecule has 4 nitrogen and oxygen atoms in total. The molecule has 1 aromatic heterocycles. The van der Waals surface area contributed by atoms with E-state index >= 15 is 0 Å². The molecule has 0 aliphatic carbocycles. The molecule has 3 N–H and O–H groups in total. The molecule has 0 bridgehead atoms. The first-order valence-corrected chi connectivity index (χ1v) is 4.75. The van der Waals surface area contributed by atoms with Crippen molar-refractivity contribution in [3.63, 3.8) is 0 Å². The Morgan fingerprint density at radius 1 is 1.77 bits per heavy atom. The molecule has 1 fully saturated rings. The van der Waals surface area contributed by atoms with E-state index in [4.69, 9.17) is 5.73 Å². The van der Waals surface area contributed by atoms with Crippen molar-refractivity contribution in [3.05, 3.63) is 18.2 Å².